The van der Waals surface area contributed by atoms with E-state index in [1.54, 1.807) is 30.3 Å². The van der Waals surface area contributed by atoms with E-state index in [0.29, 0.717) is 33.1 Å². The average molecular weight is 593 g/mol. The Morgan fingerprint density at radius 3 is 2.51 bits per heavy atom. The Kier molecular flexibility index (Phi) is 8.44. The third kappa shape index (κ3) is 6.22. The molecular weight excluding hydrogens is 573 g/mol. The van der Waals surface area contributed by atoms with E-state index in [4.69, 9.17) is 32.7 Å². The molecule has 0 spiro atoms. The standard InChI is InChI=1S/C26H20BrCl2NO4S/c1-2-33-23-11-16(7-10-22(23)34-15-18-8-9-19(28)13-21(18)29)12-24-25(31)30(26(32)35-24)14-17-5-3-4-6-20(17)27/h3-13H,2,14-15H2,1H3/b24-12+. The molecule has 1 aliphatic heterocycles. The Morgan fingerprint density at radius 2 is 1.77 bits per heavy atom. The normalized spacial score (nSPS) is 14.6. The van der Waals surface area contributed by atoms with Gasteiger partial charge in [-0.1, -0.05) is 69.5 Å². The molecule has 0 unspecified atom stereocenters. The number of halogens is 3. The summed E-state index contributed by atoms with van der Waals surface area (Å²) in [5.41, 5.74) is 2.37. The summed E-state index contributed by atoms with van der Waals surface area (Å²) in [6, 6.07) is 18.1. The number of imide groups is 1. The number of carbonyl (C=O) groups excluding carboxylic acids is 2. The lowest BCUT2D eigenvalue weighted by atomic mass is 10.1. The van der Waals surface area contributed by atoms with Crippen LogP contribution in [0.4, 0.5) is 4.79 Å². The highest BCUT2D eigenvalue weighted by Crippen LogP contribution is 2.36. The van der Waals surface area contributed by atoms with Crippen LogP contribution < -0.4 is 9.47 Å². The van der Waals surface area contributed by atoms with Crippen molar-refractivity contribution in [1.29, 1.82) is 0 Å². The molecule has 1 aliphatic rings. The number of hydrogen-bond donors (Lipinski definition) is 0. The molecular formula is C26H20BrCl2NO4S. The molecule has 0 bridgehead atoms. The third-order valence-electron chi connectivity index (χ3n) is 5.12. The molecule has 180 valence electrons. The minimum atomic E-state index is -0.327. The lowest BCUT2D eigenvalue weighted by molar-refractivity contribution is -0.123. The van der Waals surface area contributed by atoms with Crippen LogP contribution >= 0.6 is 50.9 Å². The van der Waals surface area contributed by atoms with Crippen molar-refractivity contribution in [2.75, 3.05) is 6.61 Å². The van der Waals surface area contributed by atoms with Gasteiger partial charge in [-0.25, -0.2) is 0 Å². The summed E-state index contributed by atoms with van der Waals surface area (Å²) in [7, 11) is 0. The highest BCUT2D eigenvalue weighted by Gasteiger charge is 2.35. The van der Waals surface area contributed by atoms with Gasteiger partial charge >= 0.3 is 0 Å². The van der Waals surface area contributed by atoms with Gasteiger partial charge in [-0.15, -0.1) is 0 Å². The first kappa shape index (κ1) is 25.6. The van der Waals surface area contributed by atoms with Gasteiger partial charge in [-0.3, -0.25) is 14.5 Å². The van der Waals surface area contributed by atoms with E-state index in [9.17, 15) is 9.59 Å². The minimum absolute atomic E-state index is 0.202. The molecule has 4 rings (SSSR count). The van der Waals surface area contributed by atoms with Gasteiger partial charge in [-0.2, -0.15) is 0 Å². The van der Waals surface area contributed by atoms with Crippen molar-refractivity contribution in [3.63, 3.8) is 0 Å². The van der Waals surface area contributed by atoms with E-state index in [1.165, 1.54) is 4.90 Å². The van der Waals surface area contributed by atoms with E-state index >= 15 is 0 Å². The smallest absolute Gasteiger partial charge is 0.293 e. The van der Waals surface area contributed by atoms with Crippen LogP contribution in [0.5, 0.6) is 11.5 Å². The first-order chi connectivity index (χ1) is 16.9. The van der Waals surface area contributed by atoms with Crippen LogP contribution in [-0.4, -0.2) is 22.7 Å². The van der Waals surface area contributed by atoms with Crippen molar-refractivity contribution in [2.45, 2.75) is 20.1 Å². The Morgan fingerprint density at radius 1 is 0.971 bits per heavy atom. The summed E-state index contributed by atoms with van der Waals surface area (Å²) < 4.78 is 12.5. The van der Waals surface area contributed by atoms with E-state index in [1.807, 2.05) is 43.3 Å². The van der Waals surface area contributed by atoms with Gasteiger partial charge in [0.1, 0.15) is 6.61 Å². The van der Waals surface area contributed by atoms with Gasteiger partial charge in [0.25, 0.3) is 11.1 Å². The van der Waals surface area contributed by atoms with Crippen LogP contribution in [0.25, 0.3) is 6.08 Å². The van der Waals surface area contributed by atoms with Crippen LogP contribution in [0.2, 0.25) is 10.0 Å². The maximum Gasteiger partial charge on any atom is 0.293 e. The van der Waals surface area contributed by atoms with Crippen molar-refractivity contribution >= 4 is 68.1 Å². The van der Waals surface area contributed by atoms with Crippen LogP contribution in [0, 0.1) is 0 Å². The monoisotopic (exact) mass is 591 g/mol. The largest absolute Gasteiger partial charge is 0.490 e. The minimum Gasteiger partial charge on any atom is -0.490 e. The van der Waals surface area contributed by atoms with Crippen molar-refractivity contribution in [3.8, 4) is 11.5 Å². The number of amides is 2. The van der Waals surface area contributed by atoms with Gasteiger partial charge in [0.05, 0.1) is 18.1 Å². The van der Waals surface area contributed by atoms with Crippen molar-refractivity contribution in [2.24, 2.45) is 0 Å². The fourth-order valence-corrected chi connectivity index (χ4v) is 5.09. The molecule has 3 aromatic carbocycles. The van der Waals surface area contributed by atoms with Crippen LogP contribution in [-0.2, 0) is 17.9 Å². The molecule has 0 radical (unpaired) electrons. The summed E-state index contributed by atoms with van der Waals surface area (Å²) in [5.74, 6) is 0.738. The number of benzene rings is 3. The predicted molar refractivity (Wildman–Crippen MR) is 144 cm³/mol. The molecule has 1 fully saturated rings. The van der Waals surface area contributed by atoms with Crippen molar-refractivity contribution in [1.82, 2.24) is 4.90 Å². The van der Waals surface area contributed by atoms with E-state index < -0.39 is 0 Å². The first-order valence-electron chi connectivity index (χ1n) is 10.7. The average Bonchev–Trinajstić information content (AvgIpc) is 3.08. The molecule has 5 nitrogen and oxygen atoms in total. The molecule has 35 heavy (non-hydrogen) atoms. The molecule has 0 N–H and O–H groups in total. The number of ether oxygens (including phenoxy) is 2. The fourth-order valence-electron chi connectivity index (χ4n) is 3.38. The van der Waals surface area contributed by atoms with E-state index in [-0.39, 0.29) is 24.3 Å². The number of thioether (sulfide) groups is 1. The molecule has 1 heterocycles. The number of hydrogen-bond acceptors (Lipinski definition) is 5. The summed E-state index contributed by atoms with van der Waals surface area (Å²) >= 11 is 16.6. The zero-order valence-corrected chi connectivity index (χ0v) is 22.5. The summed E-state index contributed by atoms with van der Waals surface area (Å²) in [6.45, 7) is 2.75. The molecule has 0 atom stereocenters. The second-order valence-corrected chi connectivity index (χ2v) is 10.2. The van der Waals surface area contributed by atoms with Gasteiger partial charge < -0.3 is 9.47 Å². The van der Waals surface area contributed by atoms with Gasteiger partial charge in [0.15, 0.2) is 11.5 Å². The van der Waals surface area contributed by atoms with Gasteiger partial charge in [-0.05, 0) is 66.2 Å². The molecule has 0 saturated carbocycles. The fraction of sp³-hybridized carbons (Fsp3) is 0.154. The number of nitrogens with zero attached hydrogens (tertiary/aromatic N) is 1. The molecule has 2 amide bonds. The molecule has 9 heteroatoms. The molecule has 0 aliphatic carbocycles. The lowest BCUT2D eigenvalue weighted by Gasteiger charge is -2.14. The summed E-state index contributed by atoms with van der Waals surface area (Å²) in [6.07, 6.45) is 1.69. The molecule has 1 saturated heterocycles. The van der Waals surface area contributed by atoms with Crippen LogP contribution in [0.1, 0.15) is 23.6 Å². The van der Waals surface area contributed by atoms with Gasteiger partial charge in [0, 0.05) is 20.1 Å². The maximum atomic E-state index is 13.0. The third-order valence-corrected chi connectivity index (χ3v) is 7.39. The highest BCUT2D eigenvalue weighted by atomic mass is 79.9. The van der Waals surface area contributed by atoms with Crippen molar-refractivity contribution < 1.29 is 19.1 Å². The van der Waals surface area contributed by atoms with Crippen LogP contribution in [0.15, 0.2) is 70.0 Å². The molecule has 3 aromatic rings. The summed E-state index contributed by atoms with van der Waals surface area (Å²) in [5, 5.41) is 0.770. The summed E-state index contributed by atoms with van der Waals surface area (Å²) in [4.78, 5) is 27.1. The van der Waals surface area contributed by atoms with E-state index in [0.717, 1.165) is 32.9 Å². The zero-order chi connectivity index (χ0) is 24.9. The molecule has 0 aromatic heterocycles. The van der Waals surface area contributed by atoms with Gasteiger partial charge in [0.2, 0.25) is 0 Å². The Hall–Kier alpha value is -2.45. The predicted octanol–water partition coefficient (Wildman–Crippen LogP) is 7.97. The quantitative estimate of drug-likeness (QED) is 0.248. The van der Waals surface area contributed by atoms with E-state index in [2.05, 4.69) is 15.9 Å². The highest BCUT2D eigenvalue weighted by molar-refractivity contribution is 9.10. The van der Waals surface area contributed by atoms with Crippen LogP contribution in [0.3, 0.4) is 0 Å². The second-order valence-electron chi connectivity index (χ2n) is 7.52. The Labute approximate surface area is 226 Å². The lowest BCUT2D eigenvalue weighted by Crippen LogP contribution is -2.27. The SMILES string of the molecule is CCOc1cc(/C=C2/SC(=O)N(Cc3ccccc3Br)C2=O)ccc1OCc1ccc(Cl)cc1Cl. The first-order valence-corrected chi connectivity index (χ1v) is 13.0. The zero-order valence-electron chi connectivity index (χ0n) is 18.6. The van der Waals surface area contributed by atoms with Crippen molar-refractivity contribution in [3.05, 3.63) is 96.8 Å². The topological polar surface area (TPSA) is 55.8 Å². The Balaban J connectivity index is 1.52. The second kappa shape index (κ2) is 11.5. The number of rotatable bonds is 8. The maximum absolute atomic E-state index is 13.0. The Bertz CT molecular complexity index is 1310. The number of carbonyl (C=O) groups is 2.